The summed E-state index contributed by atoms with van der Waals surface area (Å²) in [7, 11) is 1.29. The van der Waals surface area contributed by atoms with Crippen LogP contribution in [-0.2, 0) is 4.74 Å². The van der Waals surface area contributed by atoms with Gasteiger partial charge in [0.15, 0.2) is 0 Å². The second-order valence-electron chi connectivity index (χ2n) is 3.82. The number of methoxy groups -OCH3 is 1. The molecule has 0 unspecified atom stereocenters. The Labute approximate surface area is 129 Å². The lowest BCUT2D eigenvalue weighted by Crippen LogP contribution is -2.10. The van der Waals surface area contributed by atoms with E-state index in [-0.39, 0.29) is 0 Å². The van der Waals surface area contributed by atoms with Crippen LogP contribution in [0, 0.1) is 0 Å². The molecule has 0 saturated heterocycles. The summed E-state index contributed by atoms with van der Waals surface area (Å²) in [6.07, 6.45) is -0.553. The Balaban J connectivity index is 2.13. The van der Waals surface area contributed by atoms with E-state index in [1.54, 1.807) is 18.2 Å². The number of ether oxygens (including phenoxy) is 2. The molecular weight excluding hydrogens is 346 g/mol. The van der Waals surface area contributed by atoms with Gasteiger partial charge in [-0.3, -0.25) is 5.32 Å². The smallest absolute Gasteiger partial charge is 0.411 e. The van der Waals surface area contributed by atoms with E-state index in [4.69, 9.17) is 16.3 Å². The van der Waals surface area contributed by atoms with Crippen LogP contribution in [0.15, 0.2) is 46.9 Å². The summed E-state index contributed by atoms with van der Waals surface area (Å²) in [5, 5.41) is 2.91. The summed E-state index contributed by atoms with van der Waals surface area (Å²) in [4.78, 5) is 11.1. The Kier molecular flexibility index (Phi) is 4.87. The average molecular weight is 357 g/mol. The Bertz CT molecular complexity index is 616. The SMILES string of the molecule is COC(=O)Nc1ccc(Oc2ccc(Br)cc2)c(Cl)c1. The lowest BCUT2D eigenvalue weighted by atomic mass is 10.3. The topological polar surface area (TPSA) is 47.6 Å². The molecular formula is C14H11BrClNO3. The van der Waals surface area contributed by atoms with E-state index in [9.17, 15) is 4.79 Å². The third-order valence-corrected chi connectivity index (χ3v) is 3.23. The maximum Gasteiger partial charge on any atom is 0.411 e. The largest absolute Gasteiger partial charge is 0.456 e. The van der Waals surface area contributed by atoms with Gasteiger partial charge in [-0.25, -0.2) is 4.79 Å². The van der Waals surface area contributed by atoms with E-state index in [0.29, 0.717) is 22.2 Å². The quantitative estimate of drug-likeness (QED) is 0.835. The first-order valence-corrected chi connectivity index (χ1v) is 6.83. The van der Waals surface area contributed by atoms with Gasteiger partial charge in [0, 0.05) is 10.2 Å². The van der Waals surface area contributed by atoms with Gasteiger partial charge in [0.25, 0.3) is 0 Å². The number of carbonyl (C=O) groups excluding carboxylic acids is 1. The molecule has 0 aromatic heterocycles. The molecule has 2 aromatic carbocycles. The molecule has 0 spiro atoms. The summed E-state index contributed by atoms with van der Waals surface area (Å²) in [6, 6.07) is 12.3. The third kappa shape index (κ3) is 3.88. The summed E-state index contributed by atoms with van der Waals surface area (Å²) in [5.74, 6) is 1.17. The minimum Gasteiger partial charge on any atom is -0.456 e. The molecule has 1 N–H and O–H groups in total. The molecule has 104 valence electrons. The van der Waals surface area contributed by atoms with Gasteiger partial charge in [-0.15, -0.1) is 0 Å². The van der Waals surface area contributed by atoms with Gasteiger partial charge in [0.1, 0.15) is 11.5 Å². The van der Waals surface area contributed by atoms with Crippen molar-refractivity contribution in [2.75, 3.05) is 12.4 Å². The molecule has 0 bridgehead atoms. The number of hydrogen-bond donors (Lipinski definition) is 1. The lowest BCUT2D eigenvalue weighted by Gasteiger charge is -2.09. The van der Waals surface area contributed by atoms with Crippen molar-refractivity contribution >= 4 is 39.3 Å². The van der Waals surface area contributed by atoms with Gasteiger partial charge < -0.3 is 9.47 Å². The molecule has 6 heteroatoms. The van der Waals surface area contributed by atoms with Crippen molar-refractivity contribution in [3.8, 4) is 11.5 Å². The number of hydrogen-bond acceptors (Lipinski definition) is 3. The predicted molar refractivity (Wildman–Crippen MR) is 81.7 cm³/mol. The first kappa shape index (κ1) is 14.7. The summed E-state index contributed by atoms with van der Waals surface area (Å²) in [6.45, 7) is 0. The molecule has 0 aliphatic carbocycles. The van der Waals surface area contributed by atoms with Gasteiger partial charge in [-0.1, -0.05) is 27.5 Å². The molecule has 0 heterocycles. The van der Waals surface area contributed by atoms with Crippen LogP contribution in [0.5, 0.6) is 11.5 Å². The summed E-state index contributed by atoms with van der Waals surface area (Å²) in [5.41, 5.74) is 0.532. The van der Waals surface area contributed by atoms with E-state index >= 15 is 0 Å². The van der Waals surface area contributed by atoms with Gasteiger partial charge >= 0.3 is 6.09 Å². The van der Waals surface area contributed by atoms with Gasteiger partial charge in [0.05, 0.1) is 12.1 Å². The fraction of sp³-hybridized carbons (Fsp3) is 0.0714. The van der Waals surface area contributed by atoms with Crippen molar-refractivity contribution in [2.45, 2.75) is 0 Å². The highest BCUT2D eigenvalue weighted by Gasteiger charge is 2.07. The monoisotopic (exact) mass is 355 g/mol. The highest BCUT2D eigenvalue weighted by atomic mass is 79.9. The van der Waals surface area contributed by atoms with Crippen molar-refractivity contribution in [3.63, 3.8) is 0 Å². The maximum absolute atomic E-state index is 11.1. The Morgan fingerprint density at radius 1 is 1.20 bits per heavy atom. The standard InChI is InChI=1S/C14H11BrClNO3/c1-19-14(18)17-10-4-7-13(12(16)8-10)20-11-5-2-9(15)3-6-11/h2-8H,1H3,(H,17,18). The van der Waals surface area contributed by atoms with Crippen molar-refractivity contribution in [3.05, 3.63) is 52.0 Å². The van der Waals surface area contributed by atoms with Crippen LogP contribution in [0.25, 0.3) is 0 Å². The van der Waals surface area contributed by atoms with Crippen LogP contribution in [0.3, 0.4) is 0 Å². The lowest BCUT2D eigenvalue weighted by molar-refractivity contribution is 0.187. The van der Waals surface area contributed by atoms with E-state index in [0.717, 1.165) is 4.47 Å². The van der Waals surface area contributed by atoms with Crippen LogP contribution in [0.2, 0.25) is 5.02 Å². The van der Waals surface area contributed by atoms with Crippen LogP contribution in [0.1, 0.15) is 0 Å². The number of rotatable bonds is 3. The molecule has 0 aliphatic rings. The zero-order valence-corrected chi connectivity index (χ0v) is 12.9. The van der Waals surface area contributed by atoms with Crippen LogP contribution in [0.4, 0.5) is 10.5 Å². The second-order valence-corrected chi connectivity index (χ2v) is 5.14. The fourth-order valence-corrected chi connectivity index (χ4v) is 1.94. The first-order chi connectivity index (χ1) is 9.58. The maximum atomic E-state index is 11.1. The first-order valence-electron chi connectivity index (χ1n) is 5.66. The molecule has 0 saturated carbocycles. The zero-order chi connectivity index (χ0) is 14.5. The highest BCUT2D eigenvalue weighted by molar-refractivity contribution is 9.10. The summed E-state index contributed by atoms with van der Waals surface area (Å²) < 4.78 is 11.1. The Hall–Kier alpha value is -1.72. The molecule has 2 rings (SSSR count). The molecule has 4 nitrogen and oxygen atoms in total. The number of anilines is 1. The number of halogens is 2. The Morgan fingerprint density at radius 3 is 2.50 bits per heavy atom. The molecule has 1 amide bonds. The molecule has 0 atom stereocenters. The number of nitrogens with one attached hydrogen (secondary N) is 1. The van der Waals surface area contributed by atoms with E-state index in [1.165, 1.54) is 7.11 Å². The van der Waals surface area contributed by atoms with E-state index in [2.05, 4.69) is 26.0 Å². The van der Waals surface area contributed by atoms with E-state index < -0.39 is 6.09 Å². The number of carbonyl (C=O) groups is 1. The van der Waals surface area contributed by atoms with Crippen molar-refractivity contribution in [1.82, 2.24) is 0 Å². The van der Waals surface area contributed by atoms with Crippen molar-refractivity contribution in [2.24, 2.45) is 0 Å². The molecule has 20 heavy (non-hydrogen) atoms. The normalized spacial score (nSPS) is 9.95. The number of amides is 1. The molecule has 0 radical (unpaired) electrons. The van der Waals surface area contributed by atoms with E-state index in [1.807, 2.05) is 24.3 Å². The van der Waals surface area contributed by atoms with Gasteiger partial charge in [-0.05, 0) is 42.5 Å². The number of benzene rings is 2. The minimum absolute atomic E-state index is 0.391. The van der Waals surface area contributed by atoms with Crippen LogP contribution in [-0.4, -0.2) is 13.2 Å². The fourth-order valence-electron chi connectivity index (χ4n) is 1.46. The summed E-state index contributed by atoms with van der Waals surface area (Å²) >= 11 is 9.46. The molecule has 0 fully saturated rings. The Morgan fingerprint density at radius 2 is 1.90 bits per heavy atom. The van der Waals surface area contributed by atoms with Gasteiger partial charge in [0.2, 0.25) is 0 Å². The predicted octanol–water partition coefficient (Wildman–Crippen LogP) is 5.07. The third-order valence-electron chi connectivity index (χ3n) is 2.41. The zero-order valence-electron chi connectivity index (χ0n) is 10.5. The molecule has 2 aromatic rings. The van der Waals surface area contributed by atoms with Crippen molar-refractivity contribution < 1.29 is 14.3 Å². The van der Waals surface area contributed by atoms with Gasteiger partial charge in [-0.2, -0.15) is 0 Å². The molecule has 0 aliphatic heterocycles. The average Bonchev–Trinajstić information content (AvgIpc) is 2.44. The second kappa shape index (κ2) is 6.63. The van der Waals surface area contributed by atoms with Crippen LogP contribution >= 0.6 is 27.5 Å². The highest BCUT2D eigenvalue weighted by Crippen LogP contribution is 2.32. The minimum atomic E-state index is -0.553. The van der Waals surface area contributed by atoms with Crippen LogP contribution < -0.4 is 10.1 Å². The van der Waals surface area contributed by atoms with Crippen molar-refractivity contribution in [1.29, 1.82) is 0 Å².